The Bertz CT molecular complexity index is 590. The fraction of sp³-hybridized carbons (Fsp3) is 0.0769. The molecule has 0 aromatic heterocycles. The summed E-state index contributed by atoms with van der Waals surface area (Å²) in [6.07, 6.45) is 0. The molecule has 0 saturated heterocycles. The molecule has 0 spiro atoms. The molecule has 2 nitrogen and oxygen atoms in total. The Labute approximate surface area is 94.8 Å². The zero-order valence-corrected chi connectivity index (χ0v) is 9.86. The van der Waals surface area contributed by atoms with Gasteiger partial charge in [0.25, 0.3) is 8.03 Å². The molecule has 1 unspecified atom stereocenters. The van der Waals surface area contributed by atoms with Crippen LogP contribution >= 0.6 is 8.03 Å². The first kappa shape index (κ1) is 9.68. The van der Waals surface area contributed by atoms with E-state index in [1.165, 1.54) is 0 Å². The molecule has 0 aliphatic carbocycles. The van der Waals surface area contributed by atoms with Crippen LogP contribution in [0.3, 0.4) is 0 Å². The highest BCUT2D eigenvalue weighted by Gasteiger charge is 2.22. The van der Waals surface area contributed by atoms with Gasteiger partial charge in [-0.2, -0.15) is 0 Å². The van der Waals surface area contributed by atoms with Crippen LogP contribution in [0.1, 0.15) is 5.56 Å². The van der Waals surface area contributed by atoms with Gasteiger partial charge in [0.15, 0.2) is 0 Å². The van der Waals surface area contributed by atoms with Crippen LogP contribution in [0.25, 0.3) is 11.1 Å². The molecule has 16 heavy (non-hydrogen) atoms. The second-order valence-corrected chi connectivity index (χ2v) is 5.20. The van der Waals surface area contributed by atoms with E-state index in [0.29, 0.717) is 0 Å². The molecule has 3 rings (SSSR count). The third kappa shape index (κ3) is 1.30. The zero-order chi connectivity index (χ0) is 11.1. The Morgan fingerprint density at radius 2 is 1.88 bits per heavy atom. The minimum atomic E-state index is -2.13. The Balaban J connectivity index is 2.38. The van der Waals surface area contributed by atoms with Gasteiger partial charge in [-0.1, -0.05) is 30.3 Å². The number of hydrogen-bond donors (Lipinski definition) is 0. The lowest BCUT2D eigenvalue weighted by molar-refractivity contribution is 0.513. The maximum atomic E-state index is 11.9. The fourth-order valence-corrected chi connectivity index (χ4v) is 3.25. The highest BCUT2D eigenvalue weighted by molar-refractivity contribution is 7.49. The molecule has 2 aromatic rings. The van der Waals surface area contributed by atoms with Gasteiger partial charge in [-0.15, -0.1) is 0 Å². The van der Waals surface area contributed by atoms with Crippen LogP contribution in [-0.4, -0.2) is 0 Å². The fourth-order valence-electron chi connectivity index (χ4n) is 2.11. The van der Waals surface area contributed by atoms with Crippen molar-refractivity contribution in [1.82, 2.24) is 0 Å². The Kier molecular flexibility index (Phi) is 2.12. The molecule has 0 fully saturated rings. The van der Waals surface area contributed by atoms with Crippen molar-refractivity contribution >= 4 is 13.3 Å². The van der Waals surface area contributed by atoms with Gasteiger partial charge in [0.1, 0.15) is 5.75 Å². The molecule has 0 saturated carbocycles. The van der Waals surface area contributed by atoms with Crippen LogP contribution in [0, 0.1) is 6.92 Å². The third-order valence-corrected chi connectivity index (χ3v) is 4.13. The minimum absolute atomic E-state index is 0.739. The van der Waals surface area contributed by atoms with Gasteiger partial charge in [-0.05, 0) is 30.2 Å². The minimum Gasteiger partial charge on any atom is -0.441 e. The van der Waals surface area contributed by atoms with Gasteiger partial charge in [-0.25, -0.2) is 0 Å². The number of benzene rings is 2. The van der Waals surface area contributed by atoms with Gasteiger partial charge in [0, 0.05) is 5.56 Å². The van der Waals surface area contributed by atoms with E-state index in [9.17, 15) is 4.57 Å². The first-order chi connectivity index (χ1) is 7.77. The van der Waals surface area contributed by atoms with E-state index >= 15 is 0 Å². The van der Waals surface area contributed by atoms with Crippen LogP contribution < -0.4 is 9.83 Å². The SMILES string of the molecule is Cc1cccc2c1-c1ccccc1[PH](=O)O2. The van der Waals surface area contributed by atoms with Gasteiger partial charge in [0.2, 0.25) is 0 Å². The van der Waals surface area contributed by atoms with Crippen molar-refractivity contribution < 1.29 is 9.09 Å². The Morgan fingerprint density at radius 1 is 1.06 bits per heavy atom. The average Bonchev–Trinajstić information content (AvgIpc) is 2.29. The molecule has 1 heterocycles. The molecule has 1 atom stereocenters. The van der Waals surface area contributed by atoms with Crippen molar-refractivity contribution in [3.8, 4) is 16.9 Å². The number of hydrogen-bond acceptors (Lipinski definition) is 2. The quantitative estimate of drug-likeness (QED) is 0.650. The van der Waals surface area contributed by atoms with Crippen molar-refractivity contribution in [1.29, 1.82) is 0 Å². The lowest BCUT2D eigenvalue weighted by Gasteiger charge is -2.21. The topological polar surface area (TPSA) is 26.3 Å². The molecule has 0 N–H and O–H groups in total. The van der Waals surface area contributed by atoms with Crippen LogP contribution in [0.4, 0.5) is 0 Å². The number of fused-ring (bicyclic) bond motifs is 3. The highest BCUT2D eigenvalue weighted by atomic mass is 31.1. The van der Waals surface area contributed by atoms with Crippen LogP contribution in [-0.2, 0) is 4.57 Å². The summed E-state index contributed by atoms with van der Waals surface area (Å²) in [5.74, 6) is 0.739. The van der Waals surface area contributed by atoms with E-state index in [2.05, 4.69) is 0 Å². The molecule has 0 radical (unpaired) electrons. The molecule has 80 valence electrons. The largest absolute Gasteiger partial charge is 0.441 e. The monoisotopic (exact) mass is 230 g/mol. The van der Waals surface area contributed by atoms with Crippen LogP contribution in [0.2, 0.25) is 0 Å². The van der Waals surface area contributed by atoms with Crippen molar-refractivity contribution in [2.45, 2.75) is 6.92 Å². The highest BCUT2D eigenvalue weighted by Crippen LogP contribution is 2.43. The van der Waals surface area contributed by atoms with Crippen molar-refractivity contribution in [3.05, 3.63) is 48.0 Å². The summed E-state index contributed by atoms with van der Waals surface area (Å²) in [5.41, 5.74) is 3.27. The van der Waals surface area contributed by atoms with Gasteiger partial charge in [-0.3, -0.25) is 4.57 Å². The first-order valence-electron chi connectivity index (χ1n) is 5.18. The predicted octanol–water partition coefficient (Wildman–Crippen LogP) is 3.15. The maximum absolute atomic E-state index is 11.9. The predicted molar refractivity (Wildman–Crippen MR) is 65.9 cm³/mol. The van der Waals surface area contributed by atoms with Crippen molar-refractivity contribution in [2.75, 3.05) is 0 Å². The molecule has 1 aliphatic heterocycles. The number of aryl methyl sites for hydroxylation is 1. The molecular weight excluding hydrogens is 219 g/mol. The Hall–Kier alpha value is -1.53. The first-order valence-corrected chi connectivity index (χ1v) is 6.50. The van der Waals surface area contributed by atoms with Crippen LogP contribution in [0.15, 0.2) is 42.5 Å². The second kappa shape index (κ2) is 3.50. The van der Waals surface area contributed by atoms with E-state index in [1.54, 1.807) is 0 Å². The zero-order valence-electron chi connectivity index (χ0n) is 8.86. The Morgan fingerprint density at radius 3 is 2.75 bits per heavy atom. The molecule has 0 bridgehead atoms. The summed E-state index contributed by atoms with van der Waals surface area (Å²) >= 11 is 0. The lowest BCUT2D eigenvalue weighted by atomic mass is 9.99. The molecule has 2 aromatic carbocycles. The summed E-state index contributed by atoms with van der Waals surface area (Å²) in [6.45, 7) is 2.04. The van der Waals surface area contributed by atoms with E-state index in [-0.39, 0.29) is 0 Å². The normalized spacial score (nSPS) is 17.2. The van der Waals surface area contributed by atoms with E-state index < -0.39 is 8.03 Å². The van der Waals surface area contributed by atoms with Crippen molar-refractivity contribution in [3.63, 3.8) is 0 Å². The molecular formula is C13H11O2P. The second-order valence-electron chi connectivity index (χ2n) is 3.88. The summed E-state index contributed by atoms with van der Waals surface area (Å²) in [6, 6.07) is 13.6. The molecule has 0 amide bonds. The standard InChI is InChI=1S/C13H11O2P/c1-9-5-4-7-11-13(9)10-6-2-3-8-12(10)16(14)15-11/h2-8,16H,1H3. The maximum Gasteiger partial charge on any atom is 0.266 e. The van der Waals surface area contributed by atoms with Gasteiger partial charge >= 0.3 is 0 Å². The van der Waals surface area contributed by atoms with Crippen LogP contribution in [0.5, 0.6) is 5.75 Å². The van der Waals surface area contributed by atoms with E-state index in [1.807, 2.05) is 49.4 Å². The molecule has 3 heteroatoms. The molecule has 1 aliphatic rings. The summed E-state index contributed by atoms with van der Waals surface area (Å²) in [4.78, 5) is 0. The van der Waals surface area contributed by atoms with E-state index in [4.69, 9.17) is 4.52 Å². The van der Waals surface area contributed by atoms with Crippen molar-refractivity contribution in [2.24, 2.45) is 0 Å². The summed E-state index contributed by atoms with van der Waals surface area (Å²) in [5, 5.41) is 0.828. The van der Waals surface area contributed by atoms with Gasteiger partial charge < -0.3 is 4.52 Å². The third-order valence-electron chi connectivity index (χ3n) is 2.85. The summed E-state index contributed by atoms with van der Waals surface area (Å²) < 4.78 is 17.4. The average molecular weight is 230 g/mol. The summed E-state index contributed by atoms with van der Waals surface area (Å²) in [7, 11) is -2.13. The van der Waals surface area contributed by atoms with Gasteiger partial charge in [0.05, 0.1) is 5.30 Å². The smallest absolute Gasteiger partial charge is 0.266 e. The lowest BCUT2D eigenvalue weighted by Crippen LogP contribution is -2.10. The van der Waals surface area contributed by atoms with E-state index in [0.717, 1.165) is 27.7 Å². The number of rotatable bonds is 0.